The second-order valence-electron chi connectivity index (χ2n) is 7.02. The predicted octanol–water partition coefficient (Wildman–Crippen LogP) is 5.23. The van der Waals surface area contributed by atoms with Gasteiger partial charge in [0.2, 0.25) is 0 Å². The molecule has 0 aromatic heterocycles. The Kier molecular flexibility index (Phi) is 8.54. The molecular weight excluding hydrogens is 421 g/mol. The van der Waals surface area contributed by atoms with Gasteiger partial charge in [-0.2, -0.15) is 13.2 Å². The van der Waals surface area contributed by atoms with Crippen LogP contribution in [0.1, 0.15) is 22.3 Å². The molecule has 3 rings (SSSR count). The zero-order chi connectivity index (χ0) is 22.1. The lowest BCUT2D eigenvalue weighted by atomic mass is 10.1. The van der Waals surface area contributed by atoms with E-state index in [1.54, 1.807) is 11.8 Å². The molecule has 0 unspecified atom stereocenters. The van der Waals surface area contributed by atoms with Crippen molar-refractivity contribution in [2.24, 2.45) is 0 Å². The molecule has 0 saturated carbocycles. The number of benzene rings is 3. The van der Waals surface area contributed by atoms with Crippen LogP contribution in [0.5, 0.6) is 0 Å². The fourth-order valence-corrected chi connectivity index (χ4v) is 4.11. The quantitative estimate of drug-likeness (QED) is 0.373. The normalized spacial score (nSPS) is 11.6. The highest BCUT2D eigenvalue weighted by Crippen LogP contribution is 2.33. The van der Waals surface area contributed by atoms with E-state index in [1.165, 1.54) is 17.7 Å². The molecule has 7 heteroatoms. The van der Waals surface area contributed by atoms with Gasteiger partial charge in [-0.05, 0) is 41.0 Å². The van der Waals surface area contributed by atoms with Gasteiger partial charge >= 0.3 is 6.18 Å². The minimum atomic E-state index is -4.30. The number of hydrogen-bond donors (Lipinski definition) is 3. The van der Waals surface area contributed by atoms with Crippen LogP contribution in [0.4, 0.5) is 13.2 Å². The summed E-state index contributed by atoms with van der Waals surface area (Å²) in [7, 11) is 0. The smallest absolute Gasteiger partial charge is 0.392 e. The highest BCUT2D eigenvalue weighted by molar-refractivity contribution is 7.99. The van der Waals surface area contributed by atoms with Gasteiger partial charge in [0, 0.05) is 36.0 Å². The van der Waals surface area contributed by atoms with E-state index in [0.717, 1.165) is 39.6 Å². The van der Waals surface area contributed by atoms with E-state index in [0.29, 0.717) is 19.6 Å². The third-order valence-corrected chi connectivity index (χ3v) is 5.98. The summed E-state index contributed by atoms with van der Waals surface area (Å²) >= 11 is 1.64. The van der Waals surface area contributed by atoms with Gasteiger partial charge in [-0.3, -0.25) is 0 Å². The molecule has 0 aliphatic heterocycles. The minimum absolute atomic E-state index is 0.00813. The second-order valence-corrected chi connectivity index (χ2v) is 8.11. The number of aliphatic hydroxyl groups excluding tert-OH is 1. The first-order valence-electron chi connectivity index (χ1n) is 9.99. The molecule has 0 amide bonds. The zero-order valence-corrected chi connectivity index (χ0v) is 17.8. The number of nitrogens with one attached hydrogen (secondary N) is 2. The monoisotopic (exact) mass is 446 g/mol. The van der Waals surface area contributed by atoms with E-state index in [1.807, 2.05) is 36.4 Å². The van der Waals surface area contributed by atoms with E-state index < -0.39 is 11.7 Å². The van der Waals surface area contributed by atoms with Crippen molar-refractivity contribution in [2.45, 2.75) is 35.7 Å². The van der Waals surface area contributed by atoms with Gasteiger partial charge in [0.15, 0.2) is 0 Å². The maximum Gasteiger partial charge on any atom is 0.416 e. The van der Waals surface area contributed by atoms with E-state index in [-0.39, 0.29) is 6.61 Å². The van der Waals surface area contributed by atoms with E-state index in [9.17, 15) is 18.3 Å². The van der Waals surface area contributed by atoms with Crippen LogP contribution in [0.25, 0.3) is 0 Å². The number of hydrogen-bond acceptors (Lipinski definition) is 4. The molecule has 0 bridgehead atoms. The van der Waals surface area contributed by atoms with Gasteiger partial charge in [-0.25, -0.2) is 0 Å². The molecule has 3 nitrogen and oxygen atoms in total. The molecule has 0 fully saturated rings. The zero-order valence-electron chi connectivity index (χ0n) is 17.0. The summed E-state index contributed by atoms with van der Waals surface area (Å²) in [5, 5.41) is 16.2. The summed E-state index contributed by atoms with van der Waals surface area (Å²) in [4.78, 5) is 2.17. The number of halogens is 3. The summed E-state index contributed by atoms with van der Waals surface area (Å²) in [6, 6.07) is 21.2. The van der Waals surface area contributed by atoms with Crippen LogP contribution in [-0.4, -0.2) is 18.2 Å². The Balaban J connectivity index is 1.44. The summed E-state index contributed by atoms with van der Waals surface area (Å²) < 4.78 is 37.8. The van der Waals surface area contributed by atoms with Gasteiger partial charge in [-0.15, -0.1) is 0 Å². The maximum absolute atomic E-state index is 12.6. The highest BCUT2D eigenvalue weighted by atomic mass is 32.2. The van der Waals surface area contributed by atoms with Crippen LogP contribution in [0, 0.1) is 0 Å². The van der Waals surface area contributed by atoms with Crippen LogP contribution in [0.2, 0.25) is 0 Å². The van der Waals surface area contributed by atoms with Crippen molar-refractivity contribution in [1.82, 2.24) is 10.6 Å². The molecule has 31 heavy (non-hydrogen) atoms. The molecule has 0 aliphatic rings. The molecule has 3 aromatic rings. The molecule has 0 atom stereocenters. The van der Waals surface area contributed by atoms with Crippen LogP contribution in [-0.2, 0) is 25.9 Å². The summed E-state index contributed by atoms with van der Waals surface area (Å²) in [5.41, 5.74) is 2.26. The van der Waals surface area contributed by atoms with E-state index in [2.05, 4.69) is 22.8 Å². The van der Waals surface area contributed by atoms with E-state index >= 15 is 0 Å². The average Bonchev–Trinajstić information content (AvgIpc) is 2.77. The SMILES string of the molecule is OCc1ccccc1Sc1ccccc1CNCCNCc1ccc(C(F)(F)F)cc1. The van der Waals surface area contributed by atoms with Crippen LogP contribution in [0.3, 0.4) is 0 Å². The molecule has 3 N–H and O–H groups in total. The summed E-state index contributed by atoms with van der Waals surface area (Å²) in [6.45, 7) is 2.65. The third kappa shape index (κ3) is 7.11. The fourth-order valence-electron chi connectivity index (χ4n) is 3.05. The first kappa shape index (κ1) is 23.3. The van der Waals surface area contributed by atoms with Crippen molar-refractivity contribution < 1.29 is 18.3 Å². The lowest BCUT2D eigenvalue weighted by Crippen LogP contribution is -2.26. The molecular formula is C24H25F3N2OS. The maximum atomic E-state index is 12.6. The number of aliphatic hydroxyl groups is 1. The van der Waals surface area contributed by atoms with Crippen molar-refractivity contribution in [1.29, 1.82) is 0 Å². The Labute approximate surface area is 184 Å². The van der Waals surface area contributed by atoms with Crippen LogP contribution < -0.4 is 10.6 Å². The van der Waals surface area contributed by atoms with Crippen molar-refractivity contribution in [3.63, 3.8) is 0 Å². The first-order chi connectivity index (χ1) is 15.0. The summed E-state index contributed by atoms with van der Waals surface area (Å²) in [6.07, 6.45) is -4.30. The standard InChI is InChI=1S/C24H25F3N2OS/c25-24(26,27)21-11-9-18(10-12-21)15-28-13-14-29-16-19-5-1-3-7-22(19)31-23-8-4-2-6-20(23)17-30/h1-12,28-30H,13-17H2. The van der Waals surface area contributed by atoms with Crippen molar-refractivity contribution in [3.8, 4) is 0 Å². The Morgan fingerprint density at radius 3 is 1.87 bits per heavy atom. The first-order valence-corrected chi connectivity index (χ1v) is 10.8. The number of alkyl halides is 3. The lowest BCUT2D eigenvalue weighted by molar-refractivity contribution is -0.137. The molecule has 0 spiro atoms. The Morgan fingerprint density at radius 1 is 0.710 bits per heavy atom. The molecule has 164 valence electrons. The van der Waals surface area contributed by atoms with Crippen molar-refractivity contribution in [3.05, 3.63) is 95.1 Å². The Bertz CT molecular complexity index is 962. The molecule has 0 radical (unpaired) electrons. The van der Waals surface area contributed by atoms with Crippen molar-refractivity contribution >= 4 is 11.8 Å². The van der Waals surface area contributed by atoms with Gasteiger partial charge in [0.1, 0.15) is 0 Å². The minimum Gasteiger partial charge on any atom is -0.392 e. The number of rotatable bonds is 10. The van der Waals surface area contributed by atoms with Crippen LogP contribution >= 0.6 is 11.8 Å². The Hall–Kier alpha value is -2.32. The third-order valence-electron chi connectivity index (χ3n) is 4.74. The second kappa shape index (κ2) is 11.3. The summed E-state index contributed by atoms with van der Waals surface area (Å²) in [5.74, 6) is 0. The van der Waals surface area contributed by atoms with Crippen LogP contribution in [0.15, 0.2) is 82.6 Å². The molecule has 0 aliphatic carbocycles. The average molecular weight is 447 g/mol. The lowest BCUT2D eigenvalue weighted by Gasteiger charge is -2.12. The molecule has 0 heterocycles. The largest absolute Gasteiger partial charge is 0.416 e. The van der Waals surface area contributed by atoms with Gasteiger partial charge in [0.05, 0.1) is 12.2 Å². The van der Waals surface area contributed by atoms with Gasteiger partial charge in [0.25, 0.3) is 0 Å². The highest BCUT2D eigenvalue weighted by Gasteiger charge is 2.29. The van der Waals surface area contributed by atoms with E-state index in [4.69, 9.17) is 0 Å². The fraction of sp³-hybridized carbons (Fsp3) is 0.250. The molecule has 3 aromatic carbocycles. The Morgan fingerprint density at radius 2 is 1.26 bits per heavy atom. The molecule has 0 saturated heterocycles. The topological polar surface area (TPSA) is 44.3 Å². The van der Waals surface area contributed by atoms with Gasteiger partial charge in [-0.1, -0.05) is 60.3 Å². The van der Waals surface area contributed by atoms with Crippen molar-refractivity contribution in [2.75, 3.05) is 13.1 Å². The predicted molar refractivity (Wildman–Crippen MR) is 118 cm³/mol. The van der Waals surface area contributed by atoms with Gasteiger partial charge < -0.3 is 15.7 Å².